The van der Waals surface area contributed by atoms with Crippen LogP contribution in [0.25, 0.3) is 0 Å². The van der Waals surface area contributed by atoms with Gasteiger partial charge in [-0.3, -0.25) is 0 Å². The number of hydrogen-bond donors (Lipinski definition) is 0. The molecule has 1 fully saturated rings. The predicted molar refractivity (Wildman–Crippen MR) is 78.8 cm³/mol. The second kappa shape index (κ2) is 5.79. The smallest absolute Gasteiger partial charge is 0.206 e. The average molecular weight is 373 g/mol. The molecule has 0 saturated heterocycles. The largest absolute Gasteiger partial charge is 0.252 e. The van der Waals surface area contributed by atoms with E-state index in [4.69, 9.17) is 11.6 Å². The lowest BCUT2D eigenvalue weighted by molar-refractivity contribution is 0.250. The average Bonchev–Trinajstić information content (AvgIpc) is 2.58. The number of hydrogen-bond acceptors (Lipinski definition) is 3. The lowest BCUT2D eigenvalue weighted by Gasteiger charge is -2.30. The fourth-order valence-electron chi connectivity index (χ4n) is 1.94. The SMILES string of the molecule is CCN(CC1CCC1)S(=O)(=O)c1cc(Cl)c(Br)s1. The minimum atomic E-state index is -3.39. The second-order valence-corrected chi connectivity index (χ2v) is 9.38. The molecule has 0 unspecified atom stereocenters. The minimum absolute atomic E-state index is 0.320. The van der Waals surface area contributed by atoms with E-state index in [1.54, 1.807) is 4.31 Å². The molecule has 1 aromatic heterocycles. The van der Waals surface area contributed by atoms with E-state index in [9.17, 15) is 8.42 Å². The van der Waals surface area contributed by atoms with Crippen molar-refractivity contribution < 1.29 is 8.42 Å². The molecule has 1 heterocycles. The van der Waals surface area contributed by atoms with Crippen molar-refractivity contribution >= 4 is 48.9 Å². The van der Waals surface area contributed by atoms with E-state index >= 15 is 0 Å². The first-order valence-corrected chi connectivity index (χ1v) is 9.33. The Morgan fingerprint density at radius 3 is 2.61 bits per heavy atom. The normalized spacial score (nSPS) is 17.1. The van der Waals surface area contributed by atoms with Crippen LogP contribution in [0.1, 0.15) is 26.2 Å². The Labute approximate surface area is 125 Å². The third-order valence-electron chi connectivity index (χ3n) is 3.26. The Morgan fingerprint density at radius 2 is 2.22 bits per heavy atom. The predicted octanol–water partition coefficient (Wildman–Crippen LogP) is 3.97. The third kappa shape index (κ3) is 2.93. The quantitative estimate of drug-likeness (QED) is 0.784. The van der Waals surface area contributed by atoms with Gasteiger partial charge in [-0.15, -0.1) is 11.3 Å². The van der Waals surface area contributed by atoms with Gasteiger partial charge in [0.15, 0.2) is 0 Å². The lowest BCUT2D eigenvalue weighted by Crippen LogP contribution is -2.36. The van der Waals surface area contributed by atoms with Crippen LogP contribution >= 0.6 is 38.9 Å². The fourth-order valence-corrected chi connectivity index (χ4v) is 6.02. The Kier molecular flexibility index (Phi) is 4.75. The van der Waals surface area contributed by atoms with Gasteiger partial charge in [0, 0.05) is 13.1 Å². The maximum absolute atomic E-state index is 12.5. The summed E-state index contributed by atoms with van der Waals surface area (Å²) in [6.07, 6.45) is 3.50. The molecular formula is C11H15BrClNO2S2. The summed E-state index contributed by atoms with van der Waals surface area (Å²) in [6, 6.07) is 1.52. The zero-order valence-corrected chi connectivity index (χ0v) is 14.0. The molecule has 1 aliphatic carbocycles. The first kappa shape index (κ1) is 14.8. The van der Waals surface area contributed by atoms with Gasteiger partial charge in [-0.2, -0.15) is 4.31 Å². The van der Waals surface area contributed by atoms with Crippen molar-refractivity contribution in [1.29, 1.82) is 0 Å². The zero-order chi connectivity index (χ0) is 13.3. The van der Waals surface area contributed by atoms with Crippen molar-refractivity contribution in [2.45, 2.75) is 30.4 Å². The Morgan fingerprint density at radius 1 is 1.56 bits per heavy atom. The molecular weight excluding hydrogens is 358 g/mol. The van der Waals surface area contributed by atoms with Crippen molar-refractivity contribution in [3.63, 3.8) is 0 Å². The molecule has 1 aromatic rings. The summed E-state index contributed by atoms with van der Waals surface area (Å²) < 4.78 is 27.5. The second-order valence-electron chi connectivity index (χ2n) is 4.44. The third-order valence-corrected chi connectivity index (χ3v) is 8.12. The van der Waals surface area contributed by atoms with Gasteiger partial charge >= 0.3 is 0 Å². The molecule has 0 amide bonds. The van der Waals surface area contributed by atoms with Crippen LogP contribution in [0.3, 0.4) is 0 Å². The molecule has 2 rings (SSSR count). The summed E-state index contributed by atoms with van der Waals surface area (Å²) in [7, 11) is -3.39. The molecule has 0 N–H and O–H groups in total. The Bertz CT molecular complexity index is 506. The molecule has 0 aromatic carbocycles. The number of sulfonamides is 1. The van der Waals surface area contributed by atoms with E-state index in [2.05, 4.69) is 15.9 Å². The van der Waals surface area contributed by atoms with Crippen LogP contribution in [-0.2, 0) is 10.0 Å². The van der Waals surface area contributed by atoms with E-state index in [0.29, 0.717) is 32.0 Å². The molecule has 0 radical (unpaired) electrons. The zero-order valence-electron chi connectivity index (χ0n) is 10.0. The van der Waals surface area contributed by atoms with Gasteiger partial charge in [-0.1, -0.05) is 24.9 Å². The minimum Gasteiger partial charge on any atom is -0.206 e. The summed E-state index contributed by atoms with van der Waals surface area (Å²) >= 11 is 10.3. The van der Waals surface area contributed by atoms with Gasteiger partial charge in [0.2, 0.25) is 0 Å². The molecule has 102 valence electrons. The van der Waals surface area contributed by atoms with Gasteiger partial charge < -0.3 is 0 Å². The van der Waals surface area contributed by atoms with Crippen molar-refractivity contribution in [3.05, 3.63) is 14.9 Å². The van der Waals surface area contributed by atoms with Crippen LogP contribution in [0.4, 0.5) is 0 Å². The van der Waals surface area contributed by atoms with Crippen LogP contribution in [0.15, 0.2) is 14.1 Å². The summed E-state index contributed by atoms with van der Waals surface area (Å²) in [5.41, 5.74) is 0. The lowest BCUT2D eigenvalue weighted by atomic mass is 9.85. The molecule has 1 saturated carbocycles. The Balaban J connectivity index is 2.21. The van der Waals surface area contributed by atoms with Crippen LogP contribution in [0.2, 0.25) is 5.02 Å². The molecule has 18 heavy (non-hydrogen) atoms. The van der Waals surface area contributed by atoms with E-state index < -0.39 is 10.0 Å². The van der Waals surface area contributed by atoms with Crippen molar-refractivity contribution in [2.24, 2.45) is 5.92 Å². The molecule has 1 aliphatic rings. The highest BCUT2D eigenvalue weighted by atomic mass is 79.9. The van der Waals surface area contributed by atoms with E-state index in [-0.39, 0.29) is 0 Å². The van der Waals surface area contributed by atoms with Crippen LogP contribution in [0.5, 0.6) is 0 Å². The number of thiophene rings is 1. The summed E-state index contributed by atoms with van der Waals surface area (Å²) in [6.45, 7) is 3.01. The highest BCUT2D eigenvalue weighted by Crippen LogP contribution is 2.37. The van der Waals surface area contributed by atoms with E-state index in [0.717, 1.165) is 12.8 Å². The number of nitrogens with zero attached hydrogens (tertiary/aromatic N) is 1. The highest BCUT2D eigenvalue weighted by Gasteiger charge is 2.30. The molecule has 7 heteroatoms. The molecule has 0 aliphatic heterocycles. The topological polar surface area (TPSA) is 37.4 Å². The number of rotatable bonds is 5. The standard InChI is InChI=1S/C11H15BrClNO2S2/c1-2-14(7-8-4-3-5-8)18(15,16)10-6-9(13)11(12)17-10/h6,8H,2-5,7H2,1H3. The molecule has 0 spiro atoms. The van der Waals surface area contributed by atoms with E-state index in [1.165, 1.54) is 23.8 Å². The summed E-state index contributed by atoms with van der Waals surface area (Å²) in [5.74, 6) is 0.526. The van der Waals surface area contributed by atoms with Crippen LogP contribution in [-0.4, -0.2) is 25.8 Å². The van der Waals surface area contributed by atoms with Gasteiger partial charge in [0.25, 0.3) is 10.0 Å². The van der Waals surface area contributed by atoms with Gasteiger partial charge in [-0.05, 0) is 40.8 Å². The number of halogens is 2. The molecule has 0 bridgehead atoms. The first-order valence-electron chi connectivity index (χ1n) is 5.90. The first-order chi connectivity index (χ1) is 8.45. The van der Waals surface area contributed by atoms with Crippen molar-refractivity contribution in [1.82, 2.24) is 4.31 Å². The van der Waals surface area contributed by atoms with Crippen molar-refractivity contribution in [3.8, 4) is 0 Å². The van der Waals surface area contributed by atoms with Crippen LogP contribution in [0, 0.1) is 5.92 Å². The van der Waals surface area contributed by atoms with Gasteiger partial charge in [0.05, 0.1) is 8.81 Å². The van der Waals surface area contributed by atoms with Gasteiger partial charge in [0.1, 0.15) is 4.21 Å². The molecule has 0 atom stereocenters. The maximum Gasteiger partial charge on any atom is 0.252 e. The highest BCUT2D eigenvalue weighted by molar-refractivity contribution is 9.11. The van der Waals surface area contributed by atoms with Crippen LogP contribution < -0.4 is 0 Å². The van der Waals surface area contributed by atoms with Crippen molar-refractivity contribution in [2.75, 3.05) is 13.1 Å². The summed E-state index contributed by atoms with van der Waals surface area (Å²) in [5, 5.41) is 0.457. The monoisotopic (exact) mass is 371 g/mol. The maximum atomic E-state index is 12.5. The van der Waals surface area contributed by atoms with E-state index in [1.807, 2.05) is 6.92 Å². The Hall–Kier alpha value is 0.380. The summed E-state index contributed by atoms with van der Waals surface area (Å²) in [4.78, 5) is 0. The molecule has 3 nitrogen and oxygen atoms in total. The fraction of sp³-hybridized carbons (Fsp3) is 0.636. The van der Waals surface area contributed by atoms with Gasteiger partial charge in [-0.25, -0.2) is 8.42 Å².